The molecule has 1 N–H and O–H groups in total. The van der Waals surface area contributed by atoms with Gasteiger partial charge in [0.2, 0.25) is 0 Å². The molecule has 2 aliphatic rings. The Kier molecular flexibility index (Phi) is 2.97. The van der Waals surface area contributed by atoms with Crippen molar-refractivity contribution < 1.29 is 9.90 Å². The first-order chi connectivity index (χ1) is 9.09. The lowest BCUT2D eigenvalue weighted by atomic mass is 10.0. The van der Waals surface area contributed by atoms with Crippen LogP contribution in [0, 0.1) is 0 Å². The molecule has 1 saturated heterocycles. The molecule has 1 amide bonds. The standard InChI is InChI=1S/C15H20N2O2/c1-10-5-3-4-8-17(10)11-6-7-12-13(9-11)16(2)15(19)14(12)18/h6-7,9-10,14,18H,3-5,8H2,1-2H3. The molecule has 0 spiro atoms. The van der Waals surface area contributed by atoms with Crippen molar-refractivity contribution in [3.63, 3.8) is 0 Å². The molecule has 102 valence electrons. The van der Waals surface area contributed by atoms with Gasteiger partial charge in [0.25, 0.3) is 5.91 Å². The van der Waals surface area contributed by atoms with Crippen LogP contribution in [0.5, 0.6) is 0 Å². The zero-order valence-corrected chi connectivity index (χ0v) is 11.5. The van der Waals surface area contributed by atoms with Crippen LogP contribution in [-0.4, -0.2) is 30.6 Å². The van der Waals surface area contributed by atoms with Gasteiger partial charge < -0.3 is 14.9 Å². The first-order valence-corrected chi connectivity index (χ1v) is 6.96. The first kappa shape index (κ1) is 12.5. The molecule has 19 heavy (non-hydrogen) atoms. The summed E-state index contributed by atoms with van der Waals surface area (Å²) in [5, 5.41) is 9.87. The molecule has 0 bridgehead atoms. The van der Waals surface area contributed by atoms with Crippen molar-refractivity contribution in [1.29, 1.82) is 0 Å². The minimum atomic E-state index is -0.993. The highest BCUT2D eigenvalue weighted by Gasteiger charge is 2.34. The van der Waals surface area contributed by atoms with E-state index in [9.17, 15) is 9.90 Å². The molecule has 2 heterocycles. The van der Waals surface area contributed by atoms with E-state index >= 15 is 0 Å². The van der Waals surface area contributed by atoms with Gasteiger partial charge in [0, 0.05) is 30.9 Å². The molecule has 0 aliphatic carbocycles. The summed E-state index contributed by atoms with van der Waals surface area (Å²) in [6, 6.07) is 6.48. The summed E-state index contributed by atoms with van der Waals surface area (Å²) >= 11 is 0. The Morgan fingerprint density at radius 2 is 2.11 bits per heavy atom. The predicted molar refractivity (Wildman–Crippen MR) is 75.5 cm³/mol. The Bertz CT molecular complexity index is 515. The number of likely N-dealkylation sites (N-methyl/N-ethyl adjacent to an activating group) is 1. The van der Waals surface area contributed by atoms with E-state index in [-0.39, 0.29) is 5.91 Å². The fraction of sp³-hybridized carbons (Fsp3) is 0.533. The van der Waals surface area contributed by atoms with Gasteiger partial charge in [-0.3, -0.25) is 4.79 Å². The van der Waals surface area contributed by atoms with Crippen LogP contribution >= 0.6 is 0 Å². The maximum atomic E-state index is 11.8. The number of aliphatic hydroxyl groups excluding tert-OH is 1. The summed E-state index contributed by atoms with van der Waals surface area (Å²) in [5.41, 5.74) is 2.72. The van der Waals surface area contributed by atoms with E-state index in [1.165, 1.54) is 19.3 Å². The van der Waals surface area contributed by atoms with E-state index in [0.29, 0.717) is 6.04 Å². The van der Waals surface area contributed by atoms with Crippen LogP contribution in [0.2, 0.25) is 0 Å². The second-order valence-electron chi connectivity index (χ2n) is 5.58. The van der Waals surface area contributed by atoms with Gasteiger partial charge in [0.05, 0.1) is 5.69 Å². The Morgan fingerprint density at radius 1 is 1.32 bits per heavy atom. The van der Waals surface area contributed by atoms with E-state index in [1.54, 1.807) is 11.9 Å². The highest BCUT2D eigenvalue weighted by Crippen LogP contribution is 2.38. The van der Waals surface area contributed by atoms with Gasteiger partial charge in [-0.2, -0.15) is 0 Å². The summed E-state index contributed by atoms with van der Waals surface area (Å²) in [7, 11) is 1.72. The summed E-state index contributed by atoms with van der Waals surface area (Å²) in [6.07, 6.45) is 2.74. The highest BCUT2D eigenvalue weighted by atomic mass is 16.3. The van der Waals surface area contributed by atoms with Crippen molar-refractivity contribution in [1.82, 2.24) is 0 Å². The van der Waals surface area contributed by atoms with Gasteiger partial charge in [-0.05, 0) is 38.3 Å². The van der Waals surface area contributed by atoms with Crippen molar-refractivity contribution in [2.24, 2.45) is 0 Å². The van der Waals surface area contributed by atoms with Gasteiger partial charge in [0.1, 0.15) is 0 Å². The Labute approximate surface area is 113 Å². The number of rotatable bonds is 1. The van der Waals surface area contributed by atoms with Gasteiger partial charge in [0.15, 0.2) is 6.10 Å². The molecule has 2 atom stereocenters. The van der Waals surface area contributed by atoms with Crippen LogP contribution in [0.15, 0.2) is 18.2 Å². The number of hydrogen-bond donors (Lipinski definition) is 1. The number of fused-ring (bicyclic) bond motifs is 1. The largest absolute Gasteiger partial charge is 0.378 e. The van der Waals surface area contributed by atoms with Crippen LogP contribution in [0.4, 0.5) is 11.4 Å². The van der Waals surface area contributed by atoms with Crippen molar-refractivity contribution in [3.05, 3.63) is 23.8 Å². The summed E-state index contributed by atoms with van der Waals surface area (Å²) in [5.74, 6) is -0.237. The summed E-state index contributed by atoms with van der Waals surface area (Å²) < 4.78 is 0. The van der Waals surface area contributed by atoms with Crippen LogP contribution in [0.1, 0.15) is 37.9 Å². The van der Waals surface area contributed by atoms with Gasteiger partial charge in [-0.25, -0.2) is 0 Å². The lowest BCUT2D eigenvalue weighted by Gasteiger charge is -2.35. The molecule has 3 rings (SSSR count). The second kappa shape index (κ2) is 4.53. The maximum absolute atomic E-state index is 11.8. The Morgan fingerprint density at radius 3 is 2.84 bits per heavy atom. The third-order valence-electron chi connectivity index (χ3n) is 4.37. The van der Waals surface area contributed by atoms with E-state index < -0.39 is 6.10 Å². The molecule has 1 aromatic carbocycles. The predicted octanol–water partition coefficient (Wildman–Crippen LogP) is 2.08. The zero-order chi connectivity index (χ0) is 13.6. The van der Waals surface area contributed by atoms with Crippen molar-refractivity contribution >= 4 is 17.3 Å². The highest BCUT2D eigenvalue weighted by molar-refractivity contribution is 6.03. The number of carbonyl (C=O) groups excluding carboxylic acids is 1. The van der Waals surface area contributed by atoms with Crippen molar-refractivity contribution in [3.8, 4) is 0 Å². The fourth-order valence-electron chi connectivity index (χ4n) is 3.15. The molecule has 0 saturated carbocycles. The Hall–Kier alpha value is -1.55. The minimum absolute atomic E-state index is 0.237. The molecule has 0 aromatic heterocycles. The average Bonchev–Trinajstić information content (AvgIpc) is 2.64. The third-order valence-corrected chi connectivity index (χ3v) is 4.37. The van der Waals surface area contributed by atoms with Gasteiger partial charge in [-0.1, -0.05) is 6.07 Å². The number of hydrogen-bond acceptors (Lipinski definition) is 3. The Balaban J connectivity index is 1.96. The second-order valence-corrected chi connectivity index (χ2v) is 5.58. The molecular formula is C15H20N2O2. The van der Waals surface area contributed by atoms with Crippen LogP contribution in [0.25, 0.3) is 0 Å². The van der Waals surface area contributed by atoms with E-state index in [2.05, 4.69) is 11.8 Å². The normalized spacial score (nSPS) is 26.8. The van der Waals surface area contributed by atoms with Crippen LogP contribution in [-0.2, 0) is 4.79 Å². The first-order valence-electron chi connectivity index (χ1n) is 6.96. The molecule has 1 fully saturated rings. The maximum Gasteiger partial charge on any atom is 0.260 e. The van der Waals surface area contributed by atoms with Crippen LogP contribution in [0.3, 0.4) is 0 Å². The van der Waals surface area contributed by atoms with E-state index in [0.717, 1.165) is 23.5 Å². The minimum Gasteiger partial charge on any atom is -0.378 e. The zero-order valence-electron chi connectivity index (χ0n) is 11.5. The summed E-state index contributed by atoms with van der Waals surface area (Å²) in [4.78, 5) is 15.7. The molecule has 0 radical (unpaired) electrons. The molecule has 2 unspecified atom stereocenters. The smallest absolute Gasteiger partial charge is 0.260 e. The third kappa shape index (κ3) is 1.91. The average molecular weight is 260 g/mol. The molecule has 4 nitrogen and oxygen atoms in total. The van der Waals surface area contributed by atoms with E-state index in [1.807, 2.05) is 18.2 Å². The quantitative estimate of drug-likeness (QED) is 0.840. The number of piperidine rings is 1. The van der Waals surface area contributed by atoms with Crippen molar-refractivity contribution in [2.45, 2.75) is 38.3 Å². The topological polar surface area (TPSA) is 43.8 Å². The van der Waals surface area contributed by atoms with Crippen molar-refractivity contribution in [2.75, 3.05) is 23.4 Å². The van der Waals surface area contributed by atoms with E-state index in [4.69, 9.17) is 0 Å². The number of anilines is 2. The number of amides is 1. The molecular weight excluding hydrogens is 240 g/mol. The lowest BCUT2D eigenvalue weighted by Crippen LogP contribution is -2.37. The number of benzene rings is 1. The van der Waals surface area contributed by atoms with Gasteiger partial charge in [-0.15, -0.1) is 0 Å². The van der Waals surface area contributed by atoms with Crippen LogP contribution < -0.4 is 9.80 Å². The molecule has 4 heteroatoms. The monoisotopic (exact) mass is 260 g/mol. The number of carbonyl (C=O) groups is 1. The molecule has 1 aromatic rings. The summed E-state index contributed by atoms with van der Waals surface area (Å²) in [6.45, 7) is 3.32. The van der Waals surface area contributed by atoms with Gasteiger partial charge >= 0.3 is 0 Å². The lowest BCUT2D eigenvalue weighted by molar-refractivity contribution is -0.125. The number of aliphatic hydroxyl groups is 1. The fourth-order valence-corrected chi connectivity index (χ4v) is 3.15. The molecule has 2 aliphatic heterocycles. The number of nitrogens with zero attached hydrogens (tertiary/aromatic N) is 2. The SMILES string of the molecule is CC1CCCCN1c1ccc2c(c1)N(C)C(=O)C2O.